The van der Waals surface area contributed by atoms with Gasteiger partial charge in [0.2, 0.25) is 0 Å². The average Bonchev–Trinajstić information content (AvgIpc) is 2.74. The topological polar surface area (TPSA) is 51.6 Å². The van der Waals surface area contributed by atoms with Crippen LogP contribution in [-0.4, -0.2) is 71.0 Å². The lowest BCUT2D eigenvalue weighted by atomic mass is 9.86. The van der Waals surface area contributed by atoms with Crippen LogP contribution in [0.25, 0.3) is 0 Å². The van der Waals surface area contributed by atoms with Crippen molar-refractivity contribution in [2.24, 2.45) is 0 Å². The molecule has 0 unspecified atom stereocenters. The van der Waals surface area contributed by atoms with Crippen LogP contribution in [0.4, 0.5) is 23.2 Å². The number of nitrogens with one attached hydrogen (secondary N) is 1. The van der Waals surface area contributed by atoms with E-state index in [9.17, 15) is 22.7 Å². The highest BCUT2D eigenvalue weighted by molar-refractivity contribution is 5.47. The number of aromatic nitrogens is 1. The fourth-order valence-electron chi connectivity index (χ4n) is 4.63. The molecule has 2 aromatic rings. The van der Waals surface area contributed by atoms with Gasteiger partial charge in [0.05, 0.1) is 48.9 Å². The Morgan fingerprint density at radius 2 is 2.00 bits per heavy atom. The molecule has 0 radical (unpaired) electrons. The molecule has 1 aromatic heterocycles. The molecule has 9 heteroatoms. The molecule has 1 aromatic carbocycles. The number of likely N-dealkylation sites (tertiary alicyclic amines) is 1. The molecule has 176 valence electrons. The maximum absolute atomic E-state index is 13.4. The lowest BCUT2D eigenvalue weighted by molar-refractivity contribution is -0.153. The first kappa shape index (κ1) is 23.3. The van der Waals surface area contributed by atoms with Crippen molar-refractivity contribution in [2.75, 3.05) is 38.2 Å². The zero-order chi connectivity index (χ0) is 23.6. The van der Waals surface area contributed by atoms with Crippen LogP contribution in [0.1, 0.15) is 29.3 Å². The third-order valence-electron chi connectivity index (χ3n) is 6.12. The Labute approximate surface area is 190 Å². The molecule has 0 saturated carbocycles. The normalized spacial score (nSPS) is 21.8. The number of nitrogens with zero attached hydrogens (tertiary/aromatic N) is 3. The van der Waals surface area contributed by atoms with Crippen LogP contribution in [0.3, 0.4) is 0 Å². The van der Waals surface area contributed by atoms with Gasteiger partial charge in [0.15, 0.2) is 0 Å². The molecule has 5 nitrogen and oxygen atoms in total. The van der Waals surface area contributed by atoms with E-state index in [0.29, 0.717) is 23.2 Å². The van der Waals surface area contributed by atoms with Crippen LogP contribution in [-0.2, 0) is 6.42 Å². The van der Waals surface area contributed by atoms with Gasteiger partial charge in [-0.15, -0.1) is 6.42 Å². The number of pyridine rings is 1. The van der Waals surface area contributed by atoms with Crippen molar-refractivity contribution < 1.29 is 22.7 Å². The average molecular weight is 462 g/mol. The van der Waals surface area contributed by atoms with Gasteiger partial charge >= 0.3 is 6.18 Å². The third-order valence-corrected chi connectivity index (χ3v) is 6.12. The Bertz CT molecular complexity index is 999. The van der Waals surface area contributed by atoms with Crippen LogP contribution in [0, 0.1) is 12.3 Å². The molecule has 2 aliphatic heterocycles. The van der Waals surface area contributed by atoms with Crippen molar-refractivity contribution in [1.82, 2.24) is 14.8 Å². The van der Waals surface area contributed by atoms with Crippen molar-refractivity contribution in [1.29, 1.82) is 0 Å². The number of alkyl halides is 4. The molecule has 0 amide bonds. The molecule has 0 bridgehead atoms. The van der Waals surface area contributed by atoms with Crippen LogP contribution in [0.2, 0.25) is 0 Å². The maximum Gasteiger partial charge on any atom is 0.401 e. The molecular formula is C24H26F4N4O. The summed E-state index contributed by atoms with van der Waals surface area (Å²) in [6.07, 6.45) is 3.54. The van der Waals surface area contributed by atoms with Crippen molar-refractivity contribution in [3.8, 4) is 18.1 Å². The molecule has 4 rings (SSSR count). The van der Waals surface area contributed by atoms with Crippen molar-refractivity contribution in [2.45, 2.75) is 37.1 Å². The van der Waals surface area contributed by atoms with Crippen molar-refractivity contribution in [3.05, 3.63) is 53.3 Å². The van der Waals surface area contributed by atoms with Crippen LogP contribution in [0.5, 0.6) is 5.75 Å². The van der Waals surface area contributed by atoms with E-state index in [4.69, 9.17) is 6.42 Å². The minimum absolute atomic E-state index is 0.0427. The van der Waals surface area contributed by atoms with Crippen LogP contribution >= 0.6 is 0 Å². The van der Waals surface area contributed by atoms with Gasteiger partial charge in [0.25, 0.3) is 0 Å². The van der Waals surface area contributed by atoms with E-state index in [1.807, 2.05) is 0 Å². The van der Waals surface area contributed by atoms with Crippen molar-refractivity contribution >= 4 is 5.69 Å². The summed E-state index contributed by atoms with van der Waals surface area (Å²) in [6, 6.07) is 6.83. The van der Waals surface area contributed by atoms with E-state index in [0.717, 1.165) is 25.3 Å². The van der Waals surface area contributed by atoms with Gasteiger partial charge in [0.1, 0.15) is 5.75 Å². The molecule has 2 aliphatic rings. The highest BCUT2D eigenvalue weighted by Gasteiger charge is 2.42. The highest BCUT2D eigenvalue weighted by atomic mass is 19.4. The molecule has 33 heavy (non-hydrogen) atoms. The number of hydrogen-bond donors (Lipinski definition) is 2. The summed E-state index contributed by atoms with van der Waals surface area (Å²) < 4.78 is 52.6. The van der Waals surface area contributed by atoms with Gasteiger partial charge in [-0.1, -0.05) is 12.0 Å². The number of aromatic hydroxyl groups is 1. The lowest BCUT2D eigenvalue weighted by Crippen LogP contribution is -2.54. The second-order valence-electron chi connectivity index (χ2n) is 8.57. The molecule has 1 fully saturated rings. The number of benzene rings is 1. The minimum Gasteiger partial charge on any atom is -0.508 e. The monoisotopic (exact) mass is 462 g/mol. The van der Waals surface area contributed by atoms with Gasteiger partial charge in [-0.3, -0.25) is 19.2 Å². The van der Waals surface area contributed by atoms with Crippen LogP contribution < -0.4 is 5.32 Å². The minimum atomic E-state index is -4.43. The quantitative estimate of drug-likeness (QED) is 0.485. The first-order valence-electron chi connectivity index (χ1n) is 10.9. The lowest BCUT2D eigenvalue weighted by Gasteiger charge is -2.41. The van der Waals surface area contributed by atoms with Gasteiger partial charge < -0.3 is 10.4 Å². The van der Waals surface area contributed by atoms with Gasteiger partial charge in [-0.2, -0.15) is 13.2 Å². The Hall–Kier alpha value is -2.83. The van der Waals surface area contributed by atoms with Gasteiger partial charge in [0, 0.05) is 19.6 Å². The SMILES string of the molecule is C#C[C@@H]1Cc2cc(O)ccc2[C@@H](c2ccc(NC3CN(CCCF)C3)cn2)N1CC(F)(F)F. The number of fused-ring (bicyclic) bond motifs is 1. The number of terminal acetylenes is 1. The summed E-state index contributed by atoms with van der Waals surface area (Å²) in [5, 5.41) is 13.2. The fourth-order valence-corrected chi connectivity index (χ4v) is 4.63. The molecule has 3 heterocycles. The zero-order valence-corrected chi connectivity index (χ0v) is 18.0. The van der Waals surface area contributed by atoms with E-state index in [-0.39, 0.29) is 24.9 Å². The van der Waals surface area contributed by atoms with Crippen LogP contribution in [0.15, 0.2) is 36.5 Å². The largest absolute Gasteiger partial charge is 0.508 e. The van der Waals surface area contributed by atoms with Gasteiger partial charge in [-0.25, -0.2) is 0 Å². The summed E-state index contributed by atoms with van der Waals surface area (Å²) >= 11 is 0. The standard InChI is InChI=1S/C24H26F4N4O/c1-2-19-10-16-11-20(33)5-6-21(16)23(32(19)15-24(26,27)28)22-7-4-17(12-29-22)30-18-13-31(14-18)9-3-8-25/h1,4-7,11-12,18-19,23,30,33H,3,8-10,13-15H2/t19-,23+/m1/s1. The summed E-state index contributed by atoms with van der Waals surface area (Å²) in [5.74, 6) is 2.53. The summed E-state index contributed by atoms with van der Waals surface area (Å²) in [7, 11) is 0. The Kier molecular flexibility index (Phi) is 6.77. The summed E-state index contributed by atoms with van der Waals surface area (Å²) in [6.45, 7) is 0.865. The maximum atomic E-state index is 13.4. The summed E-state index contributed by atoms with van der Waals surface area (Å²) in [5.41, 5.74) is 2.59. The first-order chi connectivity index (χ1) is 15.8. The number of phenols is 1. The number of anilines is 1. The Balaban J connectivity index is 1.56. The van der Waals surface area contributed by atoms with Crippen molar-refractivity contribution in [3.63, 3.8) is 0 Å². The number of rotatable bonds is 7. The van der Waals surface area contributed by atoms with Gasteiger partial charge in [-0.05, 0) is 48.2 Å². The predicted octanol–water partition coefficient (Wildman–Crippen LogP) is 3.75. The molecular weight excluding hydrogens is 436 g/mol. The molecule has 2 atom stereocenters. The van der Waals surface area contributed by atoms with E-state index in [1.54, 1.807) is 30.5 Å². The summed E-state index contributed by atoms with van der Waals surface area (Å²) in [4.78, 5) is 7.90. The number of halogens is 4. The molecule has 0 aliphatic carbocycles. The smallest absolute Gasteiger partial charge is 0.401 e. The fraction of sp³-hybridized carbons (Fsp3) is 0.458. The molecule has 2 N–H and O–H groups in total. The highest BCUT2D eigenvalue weighted by Crippen LogP contribution is 2.40. The van der Waals surface area contributed by atoms with E-state index >= 15 is 0 Å². The zero-order valence-electron chi connectivity index (χ0n) is 18.0. The Morgan fingerprint density at radius 1 is 1.21 bits per heavy atom. The first-order valence-corrected chi connectivity index (χ1v) is 10.9. The van der Waals surface area contributed by atoms with E-state index in [1.165, 1.54) is 11.0 Å². The Morgan fingerprint density at radius 3 is 2.64 bits per heavy atom. The molecule has 0 spiro atoms. The predicted molar refractivity (Wildman–Crippen MR) is 118 cm³/mol. The number of phenolic OH excluding ortho intramolecular Hbond substituents is 1. The molecule has 1 saturated heterocycles. The van der Waals surface area contributed by atoms with E-state index in [2.05, 4.69) is 21.1 Å². The third kappa shape index (κ3) is 5.40. The second-order valence-corrected chi connectivity index (χ2v) is 8.57. The van der Waals surface area contributed by atoms with E-state index < -0.39 is 24.8 Å². The second kappa shape index (κ2) is 9.57. The number of hydrogen-bond acceptors (Lipinski definition) is 5.